The maximum atomic E-state index is 16.4. The van der Waals surface area contributed by atoms with Crippen molar-refractivity contribution in [3.63, 3.8) is 0 Å². The van der Waals surface area contributed by atoms with Gasteiger partial charge in [-0.15, -0.1) is 5.10 Å². The number of carbonyl (C=O) groups excluding carboxylic acids is 2. The van der Waals surface area contributed by atoms with E-state index in [0.717, 1.165) is 0 Å². The predicted octanol–water partition coefficient (Wildman–Crippen LogP) is 7.22. The van der Waals surface area contributed by atoms with Crippen molar-refractivity contribution < 1.29 is 33.2 Å². The lowest BCUT2D eigenvalue weighted by Gasteiger charge is -2.31. The third-order valence-corrected chi connectivity index (χ3v) is 13.4. The van der Waals surface area contributed by atoms with Gasteiger partial charge in [-0.25, -0.2) is 0 Å². The Labute approximate surface area is 317 Å². The summed E-state index contributed by atoms with van der Waals surface area (Å²) in [5, 5.41) is 29.6. The lowest BCUT2D eigenvalue weighted by atomic mass is 9.82. The number of aliphatic hydroxyl groups excluding tert-OH is 1. The van der Waals surface area contributed by atoms with Gasteiger partial charge in [0.25, 0.3) is 17.5 Å². The lowest BCUT2D eigenvalue weighted by Crippen LogP contribution is -2.45. The highest BCUT2D eigenvalue weighted by Crippen LogP contribution is 2.61. The van der Waals surface area contributed by atoms with Crippen molar-refractivity contribution in [2.24, 2.45) is 5.92 Å². The van der Waals surface area contributed by atoms with Crippen LogP contribution in [0.4, 0.5) is 26.9 Å². The summed E-state index contributed by atoms with van der Waals surface area (Å²) in [6.45, 7) is 5.30. The van der Waals surface area contributed by atoms with Gasteiger partial charge >= 0.3 is 0 Å². The second-order valence-corrected chi connectivity index (χ2v) is 18.5. The third-order valence-electron chi connectivity index (χ3n) is 10.9. The van der Waals surface area contributed by atoms with Crippen LogP contribution < -0.4 is 14.5 Å². The Morgan fingerprint density at radius 1 is 0.982 bits per heavy atom. The van der Waals surface area contributed by atoms with Crippen molar-refractivity contribution in [3.8, 4) is 11.5 Å². The molecule has 1 fully saturated rings. The molecule has 3 aliphatic rings. The average molecular weight is 763 g/mol. The number of amides is 2. The monoisotopic (exact) mass is 762 g/mol. The van der Waals surface area contributed by atoms with Gasteiger partial charge in [-0.2, -0.15) is 0 Å². The first kappa shape index (κ1) is 36.2. The molecule has 1 spiro atoms. The lowest BCUT2D eigenvalue weighted by molar-refractivity contribution is -0.385. The number of nitrogens with zero attached hydrogens (tertiary/aromatic N) is 6. The van der Waals surface area contributed by atoms with E-state index in [9.17, 15) is 20.0 Å². The largest absolute Gasteiger partial charge is 0.454 e. The van der Waals surface area contributed by atoms with E-state index >= 15 is 8.90 Å². The molecule has 0 aliphatic carbocycles. The van der Waals surface area contributed by atoms with E-state index in [4.69, 9.17) is 9.47 Å². The zero-order chi connectivity index (χ0) is 38.6. The molecule has 55 heavy (non-hydrogen) atoms. The van der Waals surface area contributed by atoms with Crippen molar-refractivity contribution in [1.82, 2.24) is 15.0 Å². The first-order valence-corrected chi connectivity index (χ1v) is 21.1. The Hall–Kier alpha value is -5.77. The van der Waals surface area contributed by atoms with E-state index in [2.05, 4.69) is 10.3 Å². The molecular weight excluding hydrogens is 724 g/mol. The van der Waals surface area contributed by atoms with Crippen LogP contribution in [-0.4, -0.2) is 58.0 Å². The number of fused-ring (bicyclic) bond motifs is 4. The van der Waals surface area contributed by atoms with E-state index in [1.165, 1.54) is 12.1 Å². The average Bonchev–Trinajstić information content (AvgIpc) is 3.78. The summed E-state index contributed by atoms with van der Waals surface area (Å²) < 4.78 is 31.0. The summed E-state index contributed by atoms with van der Waals surface area (Å²) in [7, 11) is -3.52. The zero-order valence-electron chi connectivity index (χ0n) is 30.5. The van der Waals surface area contributed by atoms with Gasteiger partial charge in [0.05, 0.1) is 40.2 Å². The smallest absolute Gasteiger partial charge is 0.269 e. The summed E-state index contributed by atoms with van der Waals surface area (Å²) in [6, 6.07) is 25.9. The number of nitro benzene ring substituents is 1. The van der Waals surface area contributed by atoms with Crippen LogP contribution in [0.2, 0.25) is 18.6 Å². The van der Waals surface area contributed by atoms with E-state index in [0.29, 0.717) is 70.3 Å². The van der Waals surface area contributed by atoms with Gasteiger partial charge in [0.1, 0.15) is 5.75 Å². The molecule has 0 bridgehead atoms. The van der Waals surface area contributed by atoms with Gasteiger partial charge in [0.2, 0.25) is 8.41 Å². The van der Waals surface area contributed by atoms with Gasteiger partial charge in [0, 0.05) is 60.6 Å². The second kappa shape index (κ2) is 13.8. The predicted molar refractivity (Wildman–Crippen MR) is 204 cm³/mol. The van der Waals surface area contributed by atoms with Gasteiger partial charge in [0.15, 0.2) is 11.4 Å². The normalized spacial score (nSPS) is 21.7. The number of anilines is 3. The van der Waals surface area contributed by atoms with Gasteiger partial charge in [-0.05, 0) is 67.5 Å². The first-order valence-electron chi connectivity index (χ1n) is 18.2. The molecule has 0 radical (unpaired) electrons. The molecule has 1 N–H and O–H groups in total. The van der Waals surface area contributed by atoms with E-state index in [1.807, 2.05) is 30.3 Å². The number of aliphatic hydroxyl groups is 1. The summed E-state index contributed by atoms with van der Waals surface area (Å²) in [4.78, 5) is 43.9. The molecule has 0 saturated carbocycles. The zero-order valence-corrected chi connectivity index (χ0v) is 31.5. The molecule has 4 heterocycles. The molecular formula is C40H39FN6O7Si. The number of rotatable bonds is 10. The summed E-state index contributed by atoms with van der Waals surface area (Å²) >= 11 is 0. The fourth-order valence-electron chi connectivity index (χ4n) is 8.55. The molecule has 4 atom stereocenters. The number of halogens is 1. The fraction of sp³-hybridized carbons (Fsp3) is 0.300. The Bertz CT molecular complexity index is 2330. The van der Waals surface area contributed by atoms with Crippen molar-refractivity contribution in [1.29, 1.82) is 0 Å². The first-order chi connectivity index (χ1) is 26.4. The van der Waals surface area contributed by atoms with Crippen LogP contribution in [0.15, 0.2) is 97.2 Å². The molecule has 1 aromatic heterocycles. The molecule has 5 aromatic rings. The standard InChI is InChI=1S/C40H39FN6O7Si/c1-25-37(55(2,3)41)36(17-19-44-24-27(18-20-48)42-43-44)54-40(25)31-22-29(47(51)52)15-16-32(31)45(39(40)50)23-26-9-8-10-28(21-26)46-33-12-5-7-14-35(33)53-34-13-6-4-11-30(34)38(46)49/h4-16,21-22,24-25,36-37,48H,17-20,23H2,1-3H3/t25-,36+,37-,40+/m1/s1. The summed E-state index contributed by atoms with van der Waals surface area (Å²) in [6.07, 6.45) is 1.68. The van der Waals surface area contributed by atoms with Crippen LogP contribution in [0.5, 0.6) is 11.5 Å². The van der Waals surface area contributed by atoms with Crippen LogP contribution in [0, 0.1) is 16.0 Å². The van der Waals surface area contributed by atoms with Crippen molar-refractivity contribution in [2.45, 2.75) is 63.2 Å². The molecule has 3 aliphatic heterocycles. The van der Waals surface area contributed by atoms with Gasteiger partial charge in [-0.3, -0.25) is 29.3 Å². The molecule has 0 unspecified atom stereocenters. The summed E-state index contributed by atoms with van der Waals surface area (Å²) in [5.74, 6) is -0.447. The number of non-ortho nitro benzene ring substituents is 1. The number of benzene rings is 4. The van der Waals surface area contributed by atoms with Crippen LogP contribution in [-0.2, 0) is 34.6 Å². The number of hydrogen-bond donors (Lipinski definition) is 1. The van der Waals surface area contributed by atoms with Crippen molar-refractivity contribution in [3.05, 3.63) is 130 Å². The minimum atomic E-state index is -3.52. The Morgan fingerprint density at radius 2 is 1.75 bits per heavy atom. The van der Waals surface area contributed by atoms with Crippen LogP contribution in [0.3, 0.4) is 0 Å². The van der Waals surface area contributed by atoms with E-state index in [-0.39, 0.29) is 24.7 Å². The number of nitro groups is 1. The van der Waals surface area contributed by atoms with Crippen LogP contribution >= 0.6 is 0 Å². The Balaban J connectivity index is 1.16. The highest BCUT2D eigenvalue weighted by molar-refractivity contribution is 6.72. The molecule has 1 saturated heterocycles. The highest BCUT2D eigenvalue weighted by atomic mass is 28.4. The quantitative estimate of drug-likeness (QED) is 0.0673. The van der Waals surface area contributed by atoms with Crippen molar-refractivity contribution in [2.75, 3.05) is 16.4 Å². The third kappa shape index (κ3) is 6.17. The molecule has 8 rings (SSSR count). The second-order valence-electron chi connectivity index (χ2n) is 14.7. The van der Waals surface area contributed by atoms with Crippen LogP contribution in [0.1, 0.15) is 40.5 Å². The molecule has 2 amide bonds. The van der Waals surface area contributed by atoms with Crippen molar-refractivity contribution >= 4 is 43.0 Å². The number of para-hydroxylation sites is 3. The maximum absolute atomic E-state index is 16.4. The van der Waals surface area contributed by atoms with Gasteiger partial charge in [-0.1, -0.05) is 48.5 Å². The Kier molecular flexibility index (Phi) is 9.10. The number of aryl methyl sites for hydroxylation is 1. The SMILES string of the molecule is C[C@@H]1[C@@H]([Si](C)(C)F)[C@H](CCn2cc(CCO)nn2)O[C@@]12C(=O)N(Cc1cccc(N3C(=O)c4ccccc4Oc4ccccc43)c1)c1ccc([N+](=O)[O-])cc12. The Morgan fingerprint density at radius 3 is 2.51 bits per heavy atom. The van der Waals surface area contributed by atoms with Crippen LogP contribution in [0.25, 0.3) is 0 Å². The molecule has 4 aromatic carbocycles. The molecule has 15 heteroatoms. The minimum Gasteiger partial charge on any atom is -0.454 e. The fourth-order valence-corrected chi connectivity index (χ4v) is 11.1. The number of aromatic nitrogens is 3. The van der Waals surface area contributed by atoms with E-state index < -0.39 is 42.4 Å². The topological polar surface area (TPSA) is 153 Å². The van der Waals surface area contributed by atoms with Gasteiger partial charge < -0.3 is 23.6 Å². The van der Waals surface area contributed by atoms with E-state index in [1.54, 1.807) is 89.2 Å². The molecule has 282 valence electrons. The summed E-state index contributed by atoms with van der Waals surface area (Å²) in [5.41, 5.74) is 1.03. The number of ether oxygens (including phenoxy) is 2. The number of carbonyl (C=O) groups is 2. The molecule has 13 nitrogen and oxygen atoms in total. The minimum absolute atomic E-state index is 0.0461. The highest BCUT2D eigenvalue weighted by Gasteiger charge is 2.67. The number of hydrogen-bond acceptors (Lipinski definition) is 9. The maximum Gasteiger partial charge on any atom is 0.269 e.